The molecule has 1 aromatic carbocycles. The number of rotatable bonds is 7. The molecule has 118 valence electrons. The summed E-state index contributed by atoms with van der Waals surface area (Å²) in [5, 5.41) is 7.44. The standard InChI is InChI=1S/C16H23N5O/c1-13(12-22-2)20-16(17)18-9-8-14-10-19-21(11-14)15-6-4-3-5-7-15/h3-7,10-11,13H,8-9,12H2,1-2H3,(H3,17,18,20). The lowest BCUT2D eigenvalue weighted by atomic mass is 10.2. The summed E-state index contributed by atoms with van der Waals surface area (Å²) in [5.74, 6) is 0.444. The third-order valence-corrected chi connectivity index (χ3v) is 3.15. The molecule has 0 fully saturated rings. The highest BCUT2D eigenvalue weighted by atomic mass is 16.5. The Bertz CT molecular complexity index is 594. The van der Waals surface area contributed by atoms with Crippen LogP contribution >= 0.6 is 0 Å². The number of hydrogen-bond donors (Lipinski definition) is 2. The first-order valence-electron chi connectivity index (χ1n) is 7.33. The Labute approximate surface area is 131 Å². The van der Waals surface area contributed by atoms with Crippen molar-refractivity contribution < 1.29 is 4.74 Å². The maximum absolute atomic E-state index is 5.83. The zero-order chi connectivity index (χ0) is 15.8. The lowest BCUT2D eigenvalue weighted by Gasteiger charge is -2.12. The quantitative estimate of drug-likeness (QED) is 0.598. The summed E-state index contributed by atoms with van der Waals surface area (Å²) in [6.45, 7) is 3.22. The van der Waals surface area contributed by atoms with Crippen molar-refractivity contribution in [2.24, 2.45) is 10.7 Å². The van der Waals surface area contributed by atoms with Gasteiger partial charge in [0, 0.05) is 25.9 Å². The molecule has 6 heteroatoms. The molecule has 0 aliphatic rings. The van der Waals surface area contributed by atoms with Gasteiger partial charge in [-0.15, -0.1) is 0 Å². The van der Waals surface area contributed by atoms with E-state index in [0.29, 0.717) is 19.1 Å². The number of methoxy groups -OCH3 is 1. The predicted octanol–water partition coefficient (Wildman–Crippen LogP) is 1.35. The van der Waals surface area contributed by atoms with Crippen LogP contribution in [0.15, 0.2) is 47.7 Å². The summed E-state index contributed by atoms with van der Waals surface area (Å²) in [7, 11) is 1.66. The summed E-state index contributed by atoms with van der Waals surface area (Å²) in [6, 6.07) is 10.2. The minimum absolute atomic E-state index is 0.148. The Morgan fingerprint density at radius 1 is 1.41 bits per heavy atom. The first-order chi connectivity index (χ1) is 10.7. The van der Waals surface area contributed by atoms with Gasteiger partial charge < -0.3 is 15.8 Å². The number of aliphatic imine (C=N–C) groups is 1. The van der Waals surface area contributed by atoms with Crippen LogP contribution in [0.2, 0.25) is 0 Å². The van der Waals surface area contributed by atoms with Crippen LogP contribution in [-0.4, -0.2) is 42.0 Å². The molecule has 1 heterocycles. The first-order valence-corrected chi connectivity index (χ1v) is 7.33. The van der Waals surface area contributed by atoms with Gasteiger partial charge in [-0.2, -0.15) is 5.10 Å². The van der Waals surface area contributed by atoms with Gasteiger partial charge in [0.15, 0.2) is 5.96 Å². The molecule has 0 bridgehead atoms. The number of guanidine groups is 1. The summed E-state index contributed by atoms with van der Waals surface area (Å²) in [5.41, 5.74) is 8.01. The number of para-hydroxylation sites is 1. The van der Waals surface area contributed by atoms with Crippen LogP contribution in [0.3, 0.4) is 0 Å². The largest absolute Gasteiger partial charge is 0.383 e. The van der Waals surface area contributed by atoms with E-state index in [1.54, 1.807) is 7.11 Å². The van der Waals surface area contributed by atoms with Crippen molar-refractivity contribution in [2.75, 3.05) is 20.3 Å². The van der Waals surface area contributed by atoms with Crippen LogP contribution in [0.4, 0.5) is 0 Å². The number of ether oxygens (including phenoxy) is 1. The van der Waals surface area contributed by atoms with Crippen molar-refractivity contribution in [3.63, 3.8) is 0 Å². The van der Waals surface area contributed by atoms with Crippen molar-refractivity contribution in [1.82, 2.24) is 15.1 Å². The summed E-state index contributed by atoms with van der Waals surface area (Å²) in [6.07, 6.45) is 4.68. The Hall–Kier alpha value is -2.34. The molecule has 6 nitrogen and oxygen atoms in total. The number of nitrogens with one attached hydrogen (secondary N) is 1. The van der Waals surface area contributed by atoms with Gasteiger partial charge in [-0.1, -0.05) is 18.2 Å². The van der Waals surface area contributed by atoms with E-state index in [2.05, 4.69) is 15.4 Å². The van der Waals surface area contributed by atoms with E-state index in [9.17, 15) is 0 Å². The fourth-order valence-corrected chi connectivity index (χ4v) is 2.11. The van der Waals surface area contributed by atoms with Crippen LogP contribution in [0.1, 0.15) is 12.5 Å². The molecule has 2 aromatic rings. The van der Waals surface area contributed by atoms with E-state index in [0.717, 1.165) is 17.7 Å². The molecule has 0 amide bonds. The van der Waals surface area contributed by atoms with Crippen molar-refractivity contribution in [1.29, 1.82) is 0 Å². The lowest BCUT2D eigenvalue weighted by Crippen LogP contribution is -2.40. The monoisotopic (exact) mass is 301 g/mol. The fourth-order valence-electron chi connectivity index (χ4n) is 2.11. The maximum Gasteiger partial charge on any atom is 0.188 e. The summed E-state index contributed by atoms with van der Waals surface area (Å²) >= 11 is 0. The van der Waals surface area contributed by atoms with Gasteiger partial charge in [-0.25, -0.2) is 4.68 Å². The Kier molecular flexibility index (Phi) is 5.97. The van der Waals surface area contributed by atoms with Crippen molar-refractivity contribution in [3.8, 4) is 5.69 Å². The number of hydrogen-bond acceptors (Lipinski definition) is 3. The van der Waals surface area contributed by atoms with Crippen LogP contribution < -0.4 is 11.1 Å². The molecule has 1 unspecified atom stereocenters. The summed E-state index contributed by atoms with van der Waals surface area (Å²) < 4.78 is 6.90. The topological polar surface area (TPSA) is 77.5 Å². The molecule has 3 N–H and O–H groups in total. The number of aromatic nitrogens is 2. The molecule has 0 radical (unpaired) electrons. The average Bonchev–Trinajstić information content (AvgIpc) is 2.97. The molecule has 1 atom stereocenters. The molecule has 0 aliphatic heterocycles. The van der Waals surface area contributed by atoms with E-state index < -0.39 is 0 Å². The van der Waals surface area contributed by atoms with Gasteiger partial charge in [0.05, 0.1) is 18.5 Å². The van der Waals surface area contributed by atoms with Crippen molar-refractivity contribution in [2.45, 2.75) is 19.4 Å². The maximum atomic E-state index is 5.83. The minimum Gasteiger partial charge on any atom is -0.383 e. The van der Waals surface area contributed by atoms with Gasteiger partial charge >= 0.3 is 0 Å². The molecular formula is C16H23N5O. The van der Waals surface area contributed by atoms with E-state index >= 15 is 0 Å². The second-order valence-corrected chi connectivity index (χ2v) is 5.15. The Morgan fingerprint density at radius 3 is 2.91 bits per heavy atom. The highest BCUT2D eigenvalue weighted by Gasteiger charge is 2.02. The number of nitrogens with zero attached hydrogens (tertiary/aromatic N) is 3. The van der Waals surface area contributed by atoms with E-state index in [-0.39, 0.29) is 6.04 Å². The van der Waals surface area contributed by atoms with E-state index in [1.165, 1.54) is 0 Å². The highest BCUT2D eigenvalue weighted by molar-refractivity contribution is 5.78. The highest BCUT2D eigenvalue weighted by Crippen LogP contribution is 2.08. The zero-order valence-corrected chi connectivity index (χ0v) is 13.1. The van der Waals surface area contributed by atoms with Gasteiger partial charge in [-0.3, -0.25) is 4.99 Å². The molecule has 22 heavy (non-hydrogen) atoms. The van der Waals surface area contributed by atoms with Gasteiger partial charge in [-0.05, 0) is 31.0 Å². The lowest BCUT2D eigenvalue weighted by molar-refractivity contribution is 0.179. The van der Waals surface area contributed by atoms with Gasteiger partial charge in [0.1, 0.15) is 0 Å². The van der Waals surface area contributed by atoms with Gasteiger partial charge in [0.2, 0.25) is 0 Å². The Morgan fingerprint density at radius 2 is 2.18 bits per heavy atom. The van der Waals surface area contributed by atoms with Crippen molar-refractivity contribution in [3.05, 3.63) is 48.3 Å². The zero-order valence-electron chi connectivity index (χ0n) is 13.1. The summed E-state index contributed by atoms with van der Waals surface area (Å²) in [4.78, 5) is 4.31. The normalized spacial score (nSPS) is 13.1. The van der Waals surface area contributed by atoms with Gasteiger partial charge in [0.25, 0.3) is 0 Å². The SMILES string of the molecule is COCC(C)NC(N)=NCCc1cnn(-c2ccccc2)c1. The van der Waals surface area contributed by atoms with Crippen LogP contribution in [0, 0.1) is 0 Å². The fraction of sp³-hybridized carbons (Fsp3) is 0.375. The molecule has 0 saturated carbocycles. The molecule has 1 aromatic heterocycles. The second-order valence-electron chi connectivity index (χ2n) is 5.15. The van der Waals surface area contributed by atoms with E-state index in [4.69, 9.17) is 10.5 Å². The Balaban J connectivity index is 1.84. The third kappa shape index (κ3) is 4.89. The smallest absolute Gasteiger partial charge is 0.188 e. The van der Waals surface area contributed by atoms with Crippen LogP contribution in [0.5, 0.6) is 0 Å². The molecule has 0 saturated heterocycles. The second kappa shape index (κ2) is 8.19. The first kappa shape index (κ1) is 16.0. The minimum atomic E-state index is 0.148. The van der Waals surface area contributed by atoms with Crippen molar-refractivity contribution >= 4 is 5.96 Å². The van der Waals surface area contributed by atoms with E-state index in [1.807, 2.05) is 54.3 Å². The molecular weight excluding hydrogens is 278 g/mol. The van der Waals surface area contributed by atoms with Crippen LogP contribution in [-0.2, 0) is 11.2 Å². The molecule has 0 spiro atoms. The average molecular weight is 301 g/mol. The molecule has 0 aliphatic carbocycles. The predicted molar refractivity (Wildman–Crippen MR) is 88.2 cm³/mol. The number of benzene rings is 1. The number of nitrogens with two attached hydrogens (primary N) is 1. The van der Waals surface area contributed by atoms with Crippen LogP contribution in [0.25, 0.3) is 5.69 Å². The molecule has 2 rings (SSSR count). The third-order valence-electron chi connectivity index (χ3n) is 3.15.